The molecule has 0 aliphatic carbocycles. The number of rotatable bonds is 6. The SMILES string of the molecule is Cc1nc(-c2ccc(Cl)cc2)sc1C(=O)NCc1ccccc1CN(C)C. The van der Waals surface area contributed by atoms with E-state index in [9.17, 15) is 4.79 Å². The Bertz CT molecular complexity index is 935. The monoisotopic (exact) mass is 399 g/mol. The highest BCUT2D eigenvalue weighted by atomic mass is 35.5. The molecule has 1 N–H and O–H groups in total. The fraction of sp³-hybridized carbons (Fsp3) is 0.238. The normalized spacial score (nSPS) is 11.0. The third-order valence-corrected chi connectivity index (χ3v) is 5.60. The minimum atomic E-state index is -0.0927. The van der Waals surface area contributed by atoms with Crippen LogP contribution in [0.3, 0.4) is 0 Å². The molecule has 0 unspecified atom stereocenters. The number of carbonyl (C=O) groups excluding carboxylic acids is 1. The lowest BCUT2D eigenvalue weighted by atomic mass is 10.1. The molecule has 3 aromatic rings. The number of carbonyl (C=O) groups is 1. The van der Waals surface area contributed by atoms with Crippen LogP contribution in [0.5, 0.6) is 0 Å². The van der Waals surface area contributed by atoms with Crippen LogP contribution in [0.15, 0.2) is 48.5 Å². The van der Waals surface area contributed by atoms with E-state index in [1.807, 2.05) is 57.4 Å². The summed E-state index contributed by atoms with van der Waals surface area (Å²) < 4.78 is 0. The number of halogens is 1. The van der Waals surface area contributed by atoms with E-state index >= 15 is 0 Å². The first-order valence-electron chi connectivity index (χ1n) is 8.67. The number of hydrogen-bond donors (Lipinski definition) is 1. The number of hydrogen-bond acceptors (Lipinski definition) is 4. The van der Waals surface area contributed by atoms with Gasteiger partial charge in [0.15, 0.2) is 0 Å². The molecule has 0 fully saturated rings. The Balaban J connectivity index is 1.73. The standard InChI is InChI=1S/C21H22ClN3OS/c1-14-19(27-21(24-14)15-8-10-18(22)11-9-15)20(26)23-12-16-6-4-5-7-17(16)13-25(2)3/h4-11H,12-13H2,1-3H3,(H,23,26). The first-order chi connectivity index (χ1) is 12.9. The first-order valence-corrected chi connectivity index (χ1v) is 9.86. The molecule has 3 rings (SSSR count). The maximum absolute atomic E-state index is 12.7. The number of thiazole rings is 1. The van der Waals surface area contributed by atoms with Gasteiger partial charge in [-0.15, -0.1) is 11.3 Å². The van der Waals surface area contributed by atoms with E-state index in [1.165, 1.54) is 16.9 Å². The smallest absolute Gasteiger partial charge is 0.263 e. The van der Waals surface area contributed by atoms with Gasteiger partial charge in [0.25, 0.3) is 5.91 Å². The molecule has 0 aliphatic rings. The molecular formula is C21H22ClN3OS. The lowest BCUT2D eigenvalue weighted by Gasteiger charge is -2.14. The minimum absolute atomic E-state index is 0.0927. The number of aryl methyl sites for hydroxylation is 1. The van der Waals surface area contributed by atoms with E-state index in [2.05, 4.69) is 27.3 Å². The van der Waals surface area contributed by atoms with Gasteiger partial charge in [-0.3, -0.25) is 4.79 Å². The van der Waals surface area contributed by atoms with E-state index in [0.29, 0.717) is 16.4 Å². The Kier molecular flexibility index (Phi) is 6.26. The van der Waals surface area contributed by atoms with Crippen LogP contribution in [-0.4, -0.2) is 29.9 Å². The van der Waals surface area contributed by atoms with Crippen molar-refractivity contribution in [3.05, 3.63) is 75.3 Å². The van der Waals surface area contributed by atoms with Crippen molar-refractivity contribution < 1.29 is 4.79 Å². The molecule has 1 heterocycles. The summed E-state index contributed by atoms with van der Waals surface area (Å²) in [5, 5.41) is 4.54. The lowest BCUT2D eigenvalue weighted by Crippen LogP contribution is -2.24. The third-order valence-electron chi connectivity index (χ3n) is 4.14. The molecule has 27 heavy (non-hydrogen) atoms. The van der Waals surface area contributed by atoms with Gasteiger partial charge in [-0.1, -0.05) is 48.0 Å². The van der Waals surface area contributed by atoms with Gasteiger partial charge in [-0.2, -0.15) is 0 Å². The van der Waals surface area contributed by atoms with Crippen LogP contribution < -0.4 is 5.32 Å². The molecule has 0 radical (unpaired) electrons. The topological polar surface area (TPSA) is 45.2 Å². The van der Waals surface area contributed by atoms with Crippen molar-refractivity contribution in [2.45, 2.75) is 20.0 Å². The van der Waals surface area contributed by atoms with E-state index < -0.39 is 0 Å². The average Bonchev–Trinajstić information content (AvgIpc) is 3.02. The van der Waals surface area contributed by atoms with Crippen LogP contribution in [0, 0.1) is 6.92 Å². The van der Waals surface area contributed by atoms with Crippen LogP contribution in [0.2, 0.25) is 5.02 Å². The Morgan fingerprint density at radius 2 is 1.78 bits per heavy atom. The summed E-state index contributed by atoms with van der Waals surface area (Å²) >= 11 is 7.35. The summed E-state index contributed by atoms with van der Waals surface area (Å²) in [6.07, 6.45) is 0. The van der Waals surface area contributed by atoms with Crippen molar-refractivity contribution in [3.63, 3.8) is 0 Å². The maximum Gasteiger partial charge on any atom is 0.263 e. The summed E-state index contributed by atoms with van der Waals surface area (Å²) in [5.74, 6) is -0.0927. The van der Waals surface area contributed by atoms with Gasteiger partial charge in [0, 0.05) is 23.7 Å². The molecule has 0 aliphatic heterocycles. The average molecular weight is 400 g/mol. The van der Waals surface area contributed by atoms with Gasteiger partial charge in [0.1, 0.15) is 9.88 Å². The van der Waals surface area contributed by atoms with Crippen LogP contribution >= 0.6 is 22.9 Å². The van der Waals surface area contributed by atoms with Gasteiger partial charge in [-0.25, -0.2) is 4.98 Å². The van der Waals surface area contributed by atoms with Gasteiger partial charge >= 0.3 is 0 Å². The molecule has 2 aromatic carbocycles. The Hall–Kier alpha value is -2.21. The second-order valence-corrected chi connectivity index (χ2v) is 8.07. The number of aromatic nitrogens is 1. The van der Waals surface area contributed by atoms with Gasteiger partial charge in [-0.05, 0) is 44.3 Å². The van der Waals surface area contributed by atoms with Gasteiger partial charge < -0.3 is 10.2 Å². The summed E-state index contributed by atoms with van der Waals surface area (Å²) in [7, 11) is 4.07. The molecular weight excluding hydrogens is 378 g/mol. The fourth-order valence-electron chi connectivity index (χ4n) is 2.80. The number of benzene rings is 2. The highest BCUT2D eigenvalue weighted by Crippen LogP contribution is 2.28. The molecule has 0 atom stereocenters. The van der Waals surface area contributed by atoms with Crippen LogP contribution in [-0.2, 0) is 13.1 Å². The van der Waals surface area contributed by atoms with Crippen LogP contribution in [0.4, 0.5) is 0 Å². The van der Waals surface area contributed by atoms with Gasteiger partial charge in [0.2, 0.25) is 0 Å². The fourth-order valence-corrected chi connectivity index (χ4v) is 3.92. The quantitative estimate of drug-likeness (QED) is 0.649. The summed E-state index contributed by atoms with van der Waals surface area (Å²) in [5.41, 5.74) is 4.04. The highest BCUT2D eigenvalue weighted by Gasteiger charge is 2.16. The zero-order valence-corrected chi connectivity index (χ0v) is 17.2. The molecule has 1 aromatic heterocycles. The zero-order chi connectivity index (χ0) is 19.4. The van der Waals surface area contributed by atoms with E-state index in [-0.39, 0.29) is 5.91 Å². The predicted octanol–water partition coefficient (Wildman–Crippen LogP) is 4.76. The van der Waals surface area contributed by atoms with Crippen molar-refractivity contribution in [1.29, 1.82) is 0 Å². The van der Waals surface area contributed by atoms with Crippen LogP contribution in [0.25, 0.3) is 10.6 Å². The predicted molar refractivity (Wildman–Crippen MR) is 112 cm³/mol. The third kappa shape index (κ3) is 4.95. The summed E-state index contributed by atoms with van der Waals surface area (Å²) in [4.78, 5) is 20.0. The summed E-state index contributed by atoms with van der Waals surface area (Å²) in [6.45, 7) is 3.20. The van der Waals surface area contributed by atoms with Crippen molar-refractivity contribution in [2.24, 2.45) is 0 Å². The molecule has 1 amide bonds. The molecule has 0 saturated heterocycles. The van der Waals surface area contributed by atoms with Crippen molar-refractivity contribution in [2.75, 3.05) is 14.1 Å². The molecule has 6 heteroatoms. The van der Waals surface area contributed by atoms with E-state index in [0.717, 1.165) is 28.4 Å². The van der Waals surface area contributed by atoms with Crippen molar-refractivity contribution in [3.8, 4) is 10.6 Å². The minimum Gasteiger partial charge on any atom is -0.347 e. The van der Waals surface area contributed by atoms with E-state index in [4.69, 9.17) is 11.6 Å². The zero-order valence-electron chi connectivity index (χ0n) is 15.6. The van der Waals surface area contributed by atoms with Crippen molar-refractivity contribution >= 4 is 28.8 Å². The lowest BCUT2D eigenvalue weighted by molar-refractivity contribution is 0.0954. The second-order valence-electron chi connectivity index (χ2n) is 6.63. The van der Waals surface area contributed by atoms with Gasteiger partial charge in [0.05, 0.1) is 5.69 Å². The number of amides is 1. The Morgan fingerprint density at radius 1 is 1.11 bits per heavy atom. The molecule has 0 spiro atoms. The molecule has 140 valence electrons. The summed E-state index contributed by atoms with van der Waals surface area (Å²) in [6, 6.07) is 15.7. The Morgan fingerprint density at radius 3 is 2.44 bits per heavy atom. The first kappa shape index (κ1) is 19.5. The maximum atomic E-state index is 12.7. The Labute approximate surface area is 168 Å². The molecule has 0 bridgehead atoms. The number of nitrogens with zero attached hydrogens (tertiary/aromatic N) is 2. The highest BCUT2D eigenvalue weighted by molar-refractivity contribution is 7.17. The van der Waals surface area contributed by atoms with E-state index in [1.54, 1.807) is 0 Å². The molecule has 4 nitrogen and oxygen atoms in total. The number of nitrogens with one attached hydrogen (secondary N) is 1. The van der Waals surface area contributed by atoms with Crippen molar-refractivity contribution in [1.82, 2.24) is 15.2 Å². The molecule has 0 saturated carbocycles. The van der Waals surface area contributed by atoms with Crippen LogP contribution in [0.1, 0.15) is 26.5 Å². The largest absolute Gasteiger partial charge is 0.347 e. The second kappa shape index (κ2) is 8.65.